The minimum absolute atomic E-state index is 0. The Kier molecular flexibility index (Phi) is 12.3. The molecule has 2 rings (SSSR count). The molecule has 1 aliphatic carbocycles. The van der Waals surface area contributed by atoms with E-state index in [-0.39, 0.29) is 36.8 Å². The lowest BCUT2D eigenvalue weighted by atomic mass is 9.92. The van der Waals surface area contributed by atoms with Crippen molar-refractivity contribution in [2.45, 2.75) is 69.6 Å². The highest BCUT2D eigenvalue weighted by atomic mass is 35.5. The van der Waals surface area contributed by atoms with E-state index in [0.29, 0.717) is 19.0 Å². The number of carbonyl (C=O) groups excluding carboxylic acids is 1. The summed E-state index contributed by atoms with van der Waals surface area (Å²) in [6, 6.07) is 1.12. The molecule has 1 unspecified atom stereocenters. The molecule has 3 N–H and O–H groups in total. The molecule has 1 saturated carbocycles. The topological polar surface area (TPSA) is 67.6 Å². The average molecular weight is 370 g/mol. The average Bonchev–Trinajstić information content (AvgIpc) is 2.54. The van der Waals surface area contributed by atoms with Crippen LogP contribution in [0.25, 0.3) is 0 Å². The van der Waals surface area contributed by atoms with Gasteiger partial charge in [-0.3, -0.25) is 4.79 Å². The minimum atomic E-state index is -0.160. The van der Waals surface area contributed by atoms with Crippen molar-refractivity contribution >= 4 is 30.7 Å². The number of piperidine rings is 1. The van der Waals surface area contributed by atoms with E-state index in [2.05, 4.69) is 10.2 Å². The van der Waals surface area contributed by atoms with E-state index in [9.17, 15) is 4.79 Å². The van der Waals surface area contributed by atoms with E-state index in [1.807, 2.05) is 0 Å². The smallest absolute Gasteiger partial charge is 0.222 e. The number of ether oxygens (including phenoxy) is 1. The third-order valence-electron chi connectivity index (χ3n) is 5.00. The summed E-state index contributed by atoms with van der Waals surface area (Å²) in [7, 11) is 1.60. The van der Waals surface area contributed by atoms with Crippen LogP contribution in [0.2, 0.25) is 0 Å². The van der Waals surface area contributed by atoms with Crippen molar-refractivity contribution in [3.05, 3.63) is 0 Å². The molecule has 7 heteroatoms. The standard InChI is InChI=1S/C16H31N3O2.2ClH/c1-21-15(12-17)11-16(20)18-13-7-9-19(10-8-13)14-5-3-2-4-6-14;;/h13-15H,2-12,17H2,1H3,(H,18,20);2*1H. The van der Waals surface area contributed by atoms with Crippen LogP contribution in [0.5, 0.6) is 0 Å². The van der Waals surface area contributed by atoms with E-state index in [0.717, 1.165) is 32.0 Å². The highest BCUT2D eigenvalue weighted by Gasteiger charge is 2.27. The van der Waals surface area contributed by atoms with Gasteiger partial charge in [0.05, 0.1) is 12.5 Å². The number of likely N-dealkylation sites (tertiary alicyclic amines) is 1. The van der Waals surface area contributed by atoms with Crippen LogP contribution in [0.1, 0.15) is 51.4 Å². The molecule has 1 atom stereocenters. The van der Waals surface area contributed by atoms with Gasteiger partial charge in [0.15, 0.2) is 0 Å². The first-order valence-electron chi connectivity index (χ1n) is 8.49. The number of nitrogens with zero attached hydrogens (tertiary/aromatic N) is 1. The molecule has 1 amide bonds. The minimum Gasteiger partial charge on any atom is -0.380 e. The number of hydrogen-bond donors (Lipinski definition) is 2. The maximum absolute atomic E-state index is 12.0. The molecule has 1 aliphatic heterocycles. The summed E-state index contributed by atoms with van der Waals surface area (Å²) in [5, 5.41) is 3.14. The highest BCUT2D eigenvalue weighted by molar-refractivity contribution is 5.85. The largest absolute Gasteiger partial charge is 0.380 e. The fraction of sp³-hybridized carbons (Fsp3) is 0.938. The lowest BCUT2D eigenvalue weighted by Gasteiger charge is -2.39. The quantitative estimate of drug-likeness (QED) is 0.752. The number of rotatable bonds is 6. The lowest BCUT2D eigenvalue weighted by Crippen LogP contribution is -2.49. The Morgan fingerprint density at radius 1 is 1.17 bits per heavy atom. The Balaban J connectivity index is 0.00000242. The number of nitrogens with two attached hydrogens (primary N) is 1. The summed E-state index contributed by atoms with van der Waals surface area (Å²) in [6.45, 7) is 2.64. The molecule has 2 aliphatic rings. The zero-order valence-electron chi connectivity index (χ0n) is 14.2. The van der Waals surface area contributed by atoms with Crippen molar-refractivity contribution in [2.75, 3.05) is 26.7 Å². The Morgan fingerprint density at radius 3 is 2.30 bits per heavy atom. The van der Waals surface area contributed by atoms with Crippen LogP contribution < -0.4 is 11.1 Å². The van der Waals surface area contributed by atoms with E-state index in [4.69, 9.17) is 10.5 Å². The van der Waals surface area contributed by atoms with E-state index in [1.165, 1.54) is 32.1 Å². The fourth-order valence-corrected chi connectivity index (χ4v) is 3.61. The van der Waals surface area contributed by atoms with Gasteiger partial charge in [-0.2, -0.15) is 0 Å². The van der Waals surface area contributed by atoms with Gasteiger partial charge in [0.1, 0.15) is 0 Å². The summed E-state index contributed by atoms with van der Waals surface area (Å²) < 4.78 is 5.16. The van der Waals surface area contributed by atoms with Crippen LogP contribution in [-0.2, 0) is 9.53 Å². The van der Waals surface area contributed by atoms with Crippen molar-refractivity contribution in [1.82, 2.24) is 10.2 Å². The van der Waals surface area contributed by atoms with Crippen molar-refractivity contribution in [3.8, 4) is 0 Å². The first-order valence-corrected chi connectivity index (χ1v) is 8.49. The Morgan fingerprint density at radius 2 is 1.78 bits per heavy atom. The monoisotopic (exact) mass is 369 g/mol. The van der Waals surface area contributed by atoms with Crippen LogP contribution >= 0.6 is 24.8 Å². The second-order valence-corrected chi connectivity index (χ2v) is 6.47. The SMILES string of the molecule is COC(CN)CC(=O)NC1CCN(C2CCCCC2)CC1.Cl.Cl. The summed E-state index contributed by atoms with van der Waals surface area (Å²) in [5.41, 5.74) is 5.55. The maximum atomic E-state index is 12.0. The molecule has 23 heavy (non-hydrogen) atoms. The first kappa shape index (κ1) is 22.9. The predicted molar refractivity (Wildman–Crippen MR) is 98.6 cm³/mol. The number of carbonyl (C=O) groups is 1. The fourth-order valence-electron chi connectivity index (χ4n) is 3.61. The van der Waals surface area contributed by atoms with Gasteiger partial charge in [-0.15, -0.1) is 24.8 Å². The number of methoxy groups -OCH3 is 1. The third kappa shape index (κ3) is 7.57. The molecule has 2 fully saturated rings. The zero-order chi connectivity index (χ0) is 15.1. The van der Waals surface area contributed by atoms with E-state index >= 15 is 0 Å². The van der Waals surface area contributed by atoms with Crippen LogP contribution in [0.15, 0.2) is 0 Å². The molecule has 0 radical (unpaired) electrons. The number of nitrogens with one attached hydrogen (secondary N) is 1. The summed E-state index contributed by atoms with van der Waals surface area (Å²) >= 11 is 0. The molecular formula is C16H33Cl2N3O2. The maximum Gasteiger partial charge on any atom is 0.222 e. The van der Waals surface area contributed by atoms with E-state index in [1.54, 1.807) is 7.11 Å². The molecule has 0 aromatic carbocycles. The van der Waals surface area contributed by atoms with Crippen molar-refractivity contribution in [1.29, 1.82) is 0 Å². The summed E-state index contributed by atoms with van der Waals surface area (Å²) in [5.74, 6) is 0.0726. The van der Waals surface area contributed by atoms with Gasteiger partial charge >= 0.3 is 0 Å². The molecule has 0 aromatic heterocycles. The summed E-state index contributed by atoms with van der Waals surface area (Å²) in [6.07, 6.45) is 9.27. The zero-order valence-corrected chi connectivity index (χ0v) is 15.8. The molecule has 0 aromatic rings. The van der Waals surface area contributed by atoms with Crippen molar-refractivity contribution in [2.24, 2.45) is 5.73 Å². The van der Waals surface area contributed by atoms with Gasteiger partial charge in [0.25, 0.3) is 0 Å². The Hall–Kier alpha value is -0.0700. The van der Waals surface area contributed by atoms with Gasteiger partial charge in [-0.1, -0.05) is 19.3 Å². The number of halogens is 2. The molecular weight excluding hydrogens is 337 g/mol. The molecule has 0 bridgehead atoms. The van der Waals surface area contributed by atoms with Gasteiger partial charge in [0.2, 0.25) is 5.91 Å². The molecule has 1 heterocycles. The first-order chi connectivity index (χ1) is 10.2. The Labute approximate surface area is 152 Å². The normalized spacial score (nSPS) is 21.8. The van der Waals surface area contributed by atoms with Crippen LogP contribution in [-0.4, -0.2) is 55.7 Å². The number of amides is 1. The van der Waals surface area contributed by atoms with Gasteiger partial charge in [-0.25, -0.2) is 0 Å². The van der Waals surface area contributed by atoms with Crippen LogP contribution in [0.4, 0.5) is 0 Å². The van der Waals surface area contributed by atoms with Crippen LogP contribution in [0, 0.1) is 0 Å². The van der Waals surface area contributed by atoms with Crippen LogP contribution in [0.3, 0.4) is 0 Å². The molecule has 5 nitrogen and oxygen atoms in total. The molecule has 0 spiro atoms. The lowest BCUT2D eigenvalue weighted by molar-refractivity contribution is -0.124. The molecule has 1 saturated heterocycles. The highest BCUT2D eigenvalue weighted by Crippen LogP contribution is 2.25. The second-order valence-electron chi connectivity index (χ2n) is 6.47. The van der Waals surface area contributed by atoms with Gasteiger partial charge in [0, 0.05) is 38.8 Å². The van der Waals surface area contributed by atoms with Crippen molar-refractivity contribution < 1.29 is 9.53 Å². The molecule has 138 valence electrons. The summed E-state index contributed by atoms with van der Waals surface area (Å²) in [4.78, 5) is 14.6. The number of hydrogen-bond acceptors (Lipinski definition) is 4. The van der Waals surface area contributed by atoms with E-state index < -0.39 is 0 Å². The Bertz CT molecular complexity index is 316. The van der Waals surface area contributed by atoms with Gasteiger partial charge < -0.3 is 20.7 Å². The van der Waals surface area contributed by atoms with Gasteiger partial charge in [-0.05, 0) is 25.7 Å². The third-order valence-corrected chi connectivity index (χ3v) is 5.00. The second kappa shape index (κ2) is 12.3. The van der Waals surface area contributed by atoms with Crippen molar-refractivity contribution in [3.63, 3.8) is 0 Å². The predicted octanol–water partition coefficient (Wildman–Crippen LogP) is 2.11.